The number of rotatable bonds is 8. The maximum atomic E-state index is 5.92. The Morgan fingerprint density at radius 1 is 1.19 bits per heavy atom. The first-order valence-corrected chi connectivity index (χ1v) is 9.90. The minimum atomic E-state index is 0.262. The Labute approximate surface area is 158 Å². The molecule has 1 saturated heterocycles. The van der Waals surface area contributed by atoms with Gasteiger partial charge in [0.05, 0.1) is 6.61 Å². The third-order valence-electron chi connectivity index (χ3n) is 5.83. The second-order valence-corrected chi connectivity index (χ2v) is 7.75. The number of likely N-dealkylation sites (tertiary alicyclic amines) is 1. The van der Waals surface area contributed by atoms with Crippen molar-refractivity contribution in [2.75, 3.05) is 26.3 Å². The van der Waals surface area contributed by atoms with Crippen molar-refractivity contribution in [2.24, 2.45) is 5.41 Å². The third-order valence-corrected chi connectivity index (χ3v) is 5.83. The van der Waals surface area contributed by atoms with E-state index >= 15 is 0 Å². The second-order valence-electron chi connectivity index (χ2n) is 7.75. The van der Waals surface area contributed by atoms with Gasteiger partial charge in [-0.1, -0.05) is 36.4 Å². The van der Waals surface area contributed by atoms with Gasteiger partial charge in [0.15, 0.2) is 0 Å². The molecule has 1 aromatic heterocycles. The summed E-state index contributed by atoms with van der Waals surface area (Å²) in [5.41, 5.74) is 4.08. The Morgan fingerprint density at radius 3 is 2.69 bits per heavy atom. The van der Waals surface area contributed by atoms with E-state index in [1.807, 2.05) is 13.1 Å². The van der Waals surface area contributed by atoms with E-state index in [-0.39, 0.29) is 5.41 Å². The normalized spacial score (nSPS) is 21.8. The summed E-state index contributed by atoms with van der Waals surface area (Å²) in [6.45, 7) is 10.3. The predicted molar refractivity (Wildman–Crippen MR) is 107 cm³/mol. The average molecular weight is 353 g/mol. The average Bonchev–Trinajstić information content (AvgIpc) is 3.10. The largest absolute Gasteiger partial charge is 0.381 e. The zero-order valence-electron chi connectivity index (χ0n) is 16.4. The molecule has 1 aromatic carbocycles. The molecule has 0 amide bonds. The monoisotopic (exact) mass is 352 g/mol. The molecule has 0 N–H and O–H groups in total. The predicted octanol–water partition coefficient (Wildman–Crippen LogP) is 4.81. The molecule has 2 heterocycles. The van der Waals surface area contributed by atoms with Gasteiger partial charge < -0.3 is 4.74 Å². The minimum absolute atomic E-state index is 0.262. The second kappa shape index (κ2) is 8.79. The van der Waals surface area contributed by atoms with Crippen molar-refractivity contribution in [3.63, 3.8) is 0 Å². The standard InChI is InChI=1S/C23H32N2O/c1-4-26-18-23(13-12-21-8-6-5-7-9-21)14-15-25(17-23)20(3)22-11-10-19(2)24-16-22/h5-11,16,20H,4,12-15,17-18H2,1-3H3/t20?,23-/m1/s1. The summed E-state index contributed by atoms with van der Waals surface area (Å²) in [4.78, 5) is 7.09. The summed E-state index contributed by atoms with van der Waals surface area (Å²) in [7, 11) is 0. The molecule has 0 spiro atoms. The summed E-state index contributed by atoms with van der Waals surface area (Å²) in [6, 6.07) is 15.6. The molecule has 1 fully saturated rings. The van der Waals surface area contributed by atoms with Gasteiger partial charge in [0.25, 0.3) is 0 Å². The topological polar surface area (TPSA) is 25.4 Å². The van der Waals surface area contributed by atoms with E-state index in [4.69, 9.17) is 4.74 Å². The molecule has 3 nitrogen and oxygen atoms in total. The molecular weight excluding hydrogens is 320 g/mol. The Morgan fingerprint density at radius 2 is 2.00 bits per heavy atom. The van der Waals surface area contributed by atoms with E-state index in [9.17, 15) is 0 Å². The summed E-state index contributed by atoms with van der Waals surface area (Å²) in [5, 5.41) is 0. The smallest absolute Gasteiger partial charge is 0.0535 e. The van der Waals surface area contributed by atoms with Crippen LogP contribution < -0.4 is 0 Å². The van der Waals surface area contributed by atoms with Gasteiger partial charge in [0.2, 0.25) is 0 Å². The Hall–Kier alpha value is -1.71. The lowest BCUT2D eigenvalue weighted by atomic mass is 9.82. The van der Waals surface area contributed by atoms with Gasteiger partial charge in [-0.2, -0.15) is 0 Å². The van der Waals surface area contributed by atoms with Crippen molar-refractivity contribution in [1.82, 2.24) is 9.88 Å². The van der Waals surface area contributed by atoms with Crippen LogP contribution in [0.4, 0.5) is 0 Å². The summed E-state index contributed by atoms with van der Waals surface area (Å²) >= 11 is 0. The van der Waals surface area contributed by atoms with Gasteiger partial charge in [0.1, 0.15) is 0 Å². The molecule has 2 atom stereocenters. The van der Waals surface area contributed by atoms with E-state index in [0.29, 0.717) is 6.04 Å². The molecule has 26 heavy (non-hydrogen) atoms. The van der Waals surface area contributed by atoms with E-state index in [0.717, 1.165) is 38.4 Å². The van der Waals surface area contributed by atoms with E-state index in [1.54, 1.807) is 0 Å². The van der Waals surface area contributed by atoms with Crippen molar-refractivity contribution >= 4 is 0 Å². The van der Waals surface area contributed by atoms with Gasteiger partial charge in [-0.05, 0) is 63.8 Å². The summed E-state index contributed by atoms with van der Waals surface area (Å²) < 4.78 is 5.92. The van der Waals surface area contributed by atoms with Gasteiger partial charge >= 0.3 is 0 Å². The van der Waals surface area contributed by atoms with Crippen molar-refractivity contribution in [3.05, 3.63) is 65.5 Å². The van der Waals surface area contributed by atoms with Crippen LogP contribution >= 0.6 is 0 Å². The fourth-order valence-corrected chi connectivity index (χ4v) is 4.00. The van der Waals surface area contributed by atoms with Crippen LogP contribution in [0.3, 0.4) is 0 Å². The van der Waals surface area contributed by atoms with Crippen LogP contribution in [0.25, 0.3) is 0 Å². The first kappa shape index (κ1) is 19.1. The van der Waals surface area contributed by atoms with Gasteiger partial charge in [0, 0.05) is 36.5 Å². The van der Waals surface area contributed by atoms with Crippen molar-refractivity contribution in [2.45, 2.75) is 46.1 Å². The molecule has 0 bridgehead atoms. The maximum Gasteiger partial charge on any atom is 0.0535 e. The van der Waals surface area contributed by atoms with E-state index in [2.05, 4.69) is 66.2 Å². The molecule has 3 rings (SSSR count). The lowest BCUT2D eigenvalue weighted by Crippen LogP contribution is -2.33. The minimum Gasteiger partial charge on any atom is -0.381 e. The first-order chi connectivity index (χ1) is 12.6. The molecule has 1 unspecified atom stereocenters. The number of pyridine rings is 1. The maximum absolute atomic E-state index is 5.92. The number of aryl methyl sites for hydroxylation is 2. The third kappa shape index (κ3) is 4.72. The SMILES string of the molecule is CCOC[C@]1(CCc2ccccc2)CCN(C(C)c2ccc(C)nc2)C1. The van der Waals surface area contributed by atoms with Gasteiger partial charge in [-0.25, -0.2) is 0 Å². The number of benzene rings is 1. The zero-order chi connectivity index (χ0) is 18.4. The lowest BCUT2D eigenvalue weighted by molar-refractivity contribution is 0.0466. The molecule has 0 saturated carbocycles. The number of aromatic nitrogens is 1. The Kier molecular flexibility index (Phi) is 6.44. The van der Waals surface area contributed by atoms with Crippen LogP contribution in [-0.2, 0) is 11.2 Å². The van der Waals surface area contributed by atoms with Crippen molar-refractivity contribution in [1.29, 1.82) is 0 Å². The quantitative estimate of drug-likeness (QED) is 0.681. The molecule has 1 aliphatic rings. The number of ether oxygens (including phenoxy) is 1. The number of hydrogen-bond donors (Lipinski definition) is 0. The summed E-state index contributed by atoms with van der Waals surface area (Å²) in [6.07, 6.45) is 5.56. The molecule has 140 valence electrons. The fourth-order valence-electron chi connectivity index (χ4n) is 4.00. The zero-order valence-corrected chi connectivity index (χ0v) is 16.4. The van der Waals surface area contributed by atoms with Crippen LogP contribution in [0.5, 0.6) is 0 Å². The van der Waals surface area contributed by atoms with Crippen LogP contribution in [-0.4, -0.2) is 36.2 Å². The molecule has 2 aromatic rings. The van der Waals surface area contributed by atoms with E-state index in [1.165, 1.54) is 24.0 Å². The highest BCUT2D eigenvalue weighted by Crippen LogP contribution is 2.39. The van der Waals surface area contributed by atoms with Crippen LogP contribution in [0.15, 0.2) is 48.7 Å². The van der Waals surface area contributed by atoms with Crippen LogP contribution in [0, 0.1) is 12.3 Å². The molecular formula is C23H32N2O. The highest BCUT2D eigenvalue weighted by Gasteiger charge is 2.39. The molecule has 3 heteroatoms. The molecule has 1 aliphatic heterocycles. The van der Waals surface area contributed by atoms with Gasteiger partial charge in [-0.15, -0.1) is 0 Å². The highest BCUT2D eigenvalue weighted by molar-refractivity contribution is 5.18. The summed E-state index contributed by atoms with van der Waals surface area (Å²) in [5.74, 6) is 0. The Bertz CT molecular complexity index is 670. The van der Waals surface area contributed by atoms with Crippen LogP contribution in [0.1, 0.15) is 49.6 Å². The highest BCUT2D eigenvalue weighted by atomic mass is 16.5. The van der Waals surface area contributed by atoms with Gasteiger partial charge in [-0.3, -0.25) is 9.88 Å². The van der Waals surface area contributed by atoms with E-state index < -0.39 is 0 Å². The number of hydrogen-bond acceptors (Lipinski definition) is 3. The first-order valence-electron chi connectivity index (χ1n) is 9.90. The fraction of sp³-hybridized carbons (Fsp3) is 0.522. The molecule has 0 radical (unpaired) electrons. The van der Waals surface area contributed by atoms with Crippen LogP contribution in [0.2, 0.25) is 0 Å². The molecule has 0 aliphatic carbocycles. The lowest BCUT2D eigenvalue weighted by Gasteiger charge is -2.31. The number of nitrogens with zero attached hydrogens (tertiary/aromatic N) is 2. The van der Waals surface area contributed by atoms with Crippen molar-refractivity contribution < 1.29 is 4.74 Å². The van der Waals surface area contributed by atoms with Crippen molar-refractivity contribution in [3.8, 4) is 0 Å². The Balaban J connectivity index is 1.67.